The first-order valence-electron chi connectivity index (χ1n) is 5.81. The quantitative estimate of drug-likeness (QED) is 0.566. The van der Waals surface area contributed by atoms with Crippen molar-refractivity contribution in [3.63, 3.8) is 0 Å². The van der Waals surface area contributed by atoms with Crippen LogP contribution in [0.5, 0.6) is 0 Å². The van der Waals surface area contributed by atoms with Crippen LogP contribution in [0.25, 0.3) is 5.65 Å². The highest BCUT2D eigenvalue weighted by Crippen LogP contribution is 2.29. The minimum Gasteiger partial charge on any atom is -0.307 e. The average molecular weight is 271 g/mol. The maximum atomic E-state index is 5.44. The molecule has 0 fully saturated rings. The van der Waals surface area contributed by atoms with Gasteiger partial charge in [0.1, 0.15) is 5.03 Å². The van der Waals surface area contributed by atoms with Gasteiger partial charge in [-0.05, 0) is 19.1 Å². The fourth-order valence-corrected chi connectivity index (χ4v) is 2.65. The summed E-state index contributed by atoms with van der Waals surface area (Å²) in [5.74, 6) is 6.05. The Morgan fingerprint density at radius 2 is 2.05 bits per heavy atom. The molecule has 0 radical (unpaired) electrons. The number of aromatic nitrogens is 3. The Kier molecular flexibility index (Phi) is 3.10. The van der Waals surface area contributed by atoms with E-state index in [4.69, 9.17) is 5.84 Å². The Hall–Kier alpha value is -2.05. The first-order valence-corrected chi connectivity index (χ1v) is 6.63. The van der Waals surface area contributed by atoms with Crippen molar-refractivity contribution >= 4 is 23.2 Å². The highest BCUT2D eigenvalue weighted by atomic mass is 32.2. The molecule has 3 N–H and O–H groups in total. The molecule has 0 aliphatic heterocycles. The maximum Gasteiger partial charge on any atom is 0.170 e. The van der Waals surface area contributed by atoms with Crippen LogP contribution in [0.2, 0.25) is 0 Å². The van der Waals surface area contributed by atoms with Crippen molar-refractivity contribution in [1.82, 2.24) is 14.4 Å². The molecule has 0 bridgehead atoms. The van der Waals surface area contributed by atoms with E-state index in [1.54, 1.807) is 18.0 Å². The van der Waals surface area contributed by atoms with E-state index in [1.165, 1.54) is 5.56 Å². The second kappa shape index (κ2) is 4.91. The summed E-state index contributed by atoms with van der Waals surface area (Å²) in [7, 11) is 0. The van der Waals surface area contributed by atoms with Gasteiger partial charge in [-0.15, -0.1) is 0 Å². The molecular weight excluding hydrogens is 258 g/mol. The van der Waals surface area contributed by atoms with Gasteiger partial charge >= 0.3 is 0 Å². The van der Waals surface area contributed by atoms with E-state index >= 15 is 0 Å². The largest absolute Gasteiger partial charge is 0.307 e. The number of nitrogen functional groups attached to an aromatic ring is 1. The Labute approximate surface area is 114 Å². The van der Waals surface area contributed by atoms with Crippen molar-refractivity contribution in [2.75, 3.05) is 5.43 Å². The fraction of sp³-hybridized carbons (Fsp3) is 0.0769. The topological polar surface area (TPSA) is 68.2 Å². The number of hydrazine groups is 1. The van der Waals surface area contributed by atoms with Crippen LogP contribution in [0.15, 0.2) is 52.8 Å². The molecule has 0 saturated carbocycles. The molecule has 3 rings (SSSR count). The normalized spacial score (nSPS) is 10.8. The van der Waals surface area contributed by atoms with E-state index in [1.807, 2.05) is 16.8 Å². The smallest absolute Gasteiger partial charge is 0.170 e. The van der Waals surface area contributed by atoms with Crippen molar-refractivity contribution < 1.29 is 0 Å². The Morgan fingerprint density at radius 1 is 1.26 bits per heavy atom. The van der Waals surface area contributed by atoms with E-state index in [2.05, 4.69) is 46.6 Å². The van der Waals surface area contributed by atoms with Gasteiger partial charge in [-0.25, -0.2) is 15.8 Å². The lowest BCUT2D eigenvalue weighted by atomic mass is 10.2. The van der Waals surface area contributed by atoms with E-state index in [0.29, 0.717) is 5.82 Å². The molecule has 0 saturated heterocycles. The van der Waals surface area contributed by atoms with Gasteiger partial charge in [-0.3, -0.25) is 0 Å². The third-order valence-electron chi connectivity index (χ3n) is 2.73. The van der Waals surface area contributed by atoms with E-state index in [9.17, 15) is 0 Å². The predicted octanol–water partition coefficient (Wildman–Crippen LogP) is 2.47. The zero-order valence-electron chi connectivity index (χ0n) is 10.4. The molecule has 6 heteroatoms. The average Bonchev–Trinajstić information content (AvgIpc) is 2.89. The van der Waals surface area contributed by atoms with Crippen molar-refractivity contribution in [3.8, 4) is 0 Å². The highest BCUT2D eigenvalue weighted by molar-refractivity contribution is 7.99. The summed E-state index contributed by atoms with van der Waals surface area (Å²) in [5, 5.41) is 0.823. The summed E-state index contributed by atoms with van der Waals surface area (Å²) in [6.45, 7) is 2.07. The number of nitrogens with zero attached hydrogens (tertiary/aromatic N) is 3. The molecule has 96 valence electrons. The van der Waals surface area contributed by atoms with Crippen LogP contribution in [-0.2, 0) is 0 Å². The van der Waals surface area contributed by atoms with Crippen LogP contribution in [0.1, 0.15) is 5.56 Å². The van der Waals surface area contributed by atoms with Gasteiger partial charge in [0.25, 0.3) is 0 Å². The SMILES string of the molecule is Cc1ccc(Sc2nc(NN)cn3ccnc23)cc1. The number of nitrogens with two attached hydrogens (primary N) is 1. The van der Waals surface area contributed by atoms with Gasteiger partial charge in [0, 0.05) is 17.3 Å². The van der Waals surface area contributed by atoms with Crippen LogP contribution in [0.3, 0.4) is 0 Å². The van der Waals surface area contributed by atoms with Gasteiger partial charge in [-0.2, -0.15) is 0 Å². The van der Waals surface area contributed by atoms with Crippen LogP contribution < -0.4 is 11.3 Å². The van der Waals surface area contributed by atoms with E-state index < -0.39 is 0 Å². The molecule has 0 aliphatic carbocycles. The number of benzene rings is 1. The van der Waals surface area contributed by atoms with Gasteiger partial charge in [0.2, 0.25) is 0 Å². The second-order valence-electron chi connectivity index (χ2n) is 4.15. The van der Waals surface area contributed by atoms with Crippen molar-refractivity contribution in [2.45, 2.75) is 16.8 Å². The van der Waals surface area contributed by atoms with Crippen LogP contribution in [0, 0.1) is 6.92 Å². The molecule has 0 amide bonds. The molecule has 19 heavy (non-hydrogen) atoms. The molecule has 5 nitrogen and oxygen atoms in total. The number of nitrogens with one attached hydrogen (secondary N) is 1. The van der Waals surface area contributed by atoms with Gasteiger partial charge in [0.05, 0.1) is 6.20 Å². The Balaban J connectivity index is 2.03. The van der Waals surface area contributed by atoms with E-state index in [-0.39, 0.29) is 0 Å². The predicted molar refractivity (Wildman–Crippen MR) is 76.1 cm³/mol. The van der Waals surface area contributed by atoms with E-state index in [0.717, 1.165) is 15.6 Å². The number of hydrogen-bond donors (Lipinski definition) is 2. The summed E-state index contributed by atoms with van der Waals surface area (Å²) < 4.78 is 1.90. The molecular formula is C13H13N5S. The minimum atomic E-state index is 0.611. The van der Waals surface area contributed by atoms with Gasteiger partial charge < -0.3 is 9.83 Å². The fourth-order valence-electron chi connectivity index (χ4n) is 1.76. The summed E-state index contributed by atoms with van der Waals surface area (Å²) in [4.78, 5) is 9.89. The molecule has 0 atom stereocenters. The standard InChI is InChI=1S/C13H13N5S/c1-9-2-4-10(5-3-9)19-13-12-15-6-7-18(12)8-11(16-13)17-14/h2-8,17H,14H2,1H3. The number of fused-ring (bicyclic) bond motifs is 1. The monoisotopic (exact) mass is 271 g/mol. The van der Waals surface area contributed by atoms with Gasteiger partial charge in [0.15, 0.2) is 11.5 Å². The summed E-state index contributed by atoms with van der Waals surface area (Å²) >= 11 is 1.57. The summed E-state index contributed by atoms with van der Waals surface area (Å²) in [6, 6.07) is 8.31. The third kappa shape index (κ3) is 2.40. The van der Waals surface area contributed by atoms with Gasteiger partial charge in [-0.1, -0.05) is 29.5 Å². The number of rotatable bonds is 3. The maximum absolute atomic E-state index is 5.44. The van der Waals surface area contributed by atoms with Crippen LogP contribution in [0.4, 0.5) is 5.82 Å². The van der Waals surface area contributed by atoms with Crippen molar-refractivity contribution in [2.24, 2.45) is 5.84 Å². The summed E-state index contributed by atoms with van der Waals surface area (Å²) in [6.07, 6.45) is 5.43. The first kappa shape index (κ1) is 12.0. The number of imidazole rings is 1. The Bertz CT molecular complexity index is 705. The first-order chi connectivity index (χ1) is 9.26. The van der Waals surface area contributed by atoms with Crippen molar-refractivity contribution in [3.05, 3.63) is 48.4 Å². The third-order valence-corrected chi connectivity index (χ3v) is 3.70. The molecule has 1 aromatic carbocycles. The molecule has 2 heterocycles. The van der Waals surface area contributed by atoms with Crippen molar-refractivity contribution in [1.29, 1.82) is 0 Å². The Morgan fingerprint density at radius 3 is 2.79 bits per heavy atom. The molecule has 0 aliphatic rings. The summed E-state index contributed by atoms with van der Waals surface area (Å²) in [5.41, 5.74) is 4.63. The van der Waals surface area contributed by atoms with Crippen LogP contribution in [-0.4, -0.2) is 14.4 Å². The lowest BCUT2D eigenvalue weighted by Gasteiger charge is -2.06. The molecule has 3 aromatic rings. The number of hydrogen-bond acceptors (Lipinski definition) is 5. The lowest BCUT2D eigenvalue weighted by molar-refractivity contribution is 1.02. The number of anilines is 1. The van der Waals surface area contributed by atoms with Crippen LogP contribution >= 0.6 is 11.8 Å². The minimum absolute atomic E-state index is 0.611. The zero-order valence-corrected chi connectivity index (χ0v) is 11.2. The molecule has 0 unspecified atom stereocenters. The zero-order chi connectivity index (χ0) is 13.2. The second-order valence-corrected chi connectivity index (χ2v) is 5.21. The number of aryl methyl sites for hydroxylation is 1. The molecule has 2 aromatic heterocycles. The molecule has 0 spiro atoms. The lowest BCUT2D eigenvalue weighted by Crippen LogP contribution is -2.10. The highest BCUT2D eigenvalue weighted by Gasteiger charge is 2.08.